The topological polar surface area (TPSA) is 78.9 Å². The maximum Gasteiger partial charge on any atom is 0.247 e. The van der Waals surface area contributed by atoms with E-state index < -0.39 is 0 Å². The summed E-state index contributed by atoms with van der Waals surface area (Å²) in [6, 6.07) is 15.1. The highest BCUT2D eigenvalue weighted by atomic mass is 35.5. The van der Waals surface area contributed by atoms with Crippen molar-refractivity contribution in [1.82, 2.24) is 25.0 Å². The van der Waals surface area contributed by atoms with Crippen molar-refractivity contribution in [2.75, 3.05) is 0 Å². The van der Waals surface area contributed by atoms with Crippen molar-refractivity contribution < 1.29 is 9.15 Å². The monoisotopic (exact) mass is 473 g/mol. The number of benzene rings is 2. The molecule has 1 saturated carbocycles. The van der Waals surface area contributed by atoms with Crippen molar-refractivity contribution in [3.63, 3.8) is 0 Å². The molecule has 2 aromatic carbocycles. The first-order valence-electron chi connectivity index (χ1n) is 9.69. The molecule has 10 heteroatoms. The second-order valence-electron chi connectivity index (χ2n) is 7.02. The summed E-state index contributed by atoms with van der Waals surface area (Å²) >= 11 is 13.6. The van der Waals surface area contributed by atoms with Crippen LogP contribution in [0.3, 0.4) is 0 Å². The fraction of sp³-hybridized carbons (Fsp3) is 0.238. The van der Waals surface area contributed by atoms with Crippen molar-refractivity contribution in [1.29, 1.82) is 0 Å². The summed E-state index contributed by atoms with van der Waals surface area (Å²) < 4.78 is 13.8. The number of para-hydroxylation sites is 1. The predicted molar refractivity (Wildman–Crippen MR) is 118 cm³/mol. The van der Waals surface area contributed by atoms with E-state index >= 15 is 0 Å². The van der Waals surface area contributed by atoms with Gasteiger partial charge in [-0.25, -0.2) is 0 Å². The maximum absolute atomic E-state index is 6.18. The Hall–Kier alpha value is -2.55. The molecule has 158 valence electrons. The quantitative estimate of drug-likeness (QED) is 0.297. The molecule has 1 aliphatic carbocycles. The molecular formula is C21H17Cl2N5O2S. The molecule has 0 radical (unpaired) electrons. The van der Waals surface area contributed by atoms with E-state index in [1.54, 1.807) is 18.2 Å². The van der Waals surface area contributed by atoms with E-state index in [1.807, 2.05) is 30.3 Å². The molecule has 7 nitrogen and oxygen atoms in total. The number of rotatable bonds is 8. The molecule has 0 amide bonds. The summed E-state index contributed by atoms with van der Waals surface area (Å²) in [6.45, 7) is 0.301. The van der Waals surface area contributed by atoms with E-state index in [4.69, 9.17) is 32.4 Å². The van der Waals surface area contributed by atoms with Gasteiger partial charge in [0.1, 0.15) is 12.4 Å². The predicted octanol–water partition coefficient (Wildman–Crippen LogP) is 5.84. The van der Waals surface area contributed by atoms with Gasteiger partial charge in [0.05, 0.1) is 10.8 Å². The van der Waals surface area contributed by atoms with Gasteiger partial charge in [0, 0.05) is 16.6 Å². The molecule has 4 aromatic rings. The van der Waals surface area contributed by atoms with E-state index in [-0.39, 0.29) is 0 Å². The van der Waals surface area contributed by atoms with Crippen LogP contribution in [0.15, 0.2) is 58.1 Å². The third-order valence-corrected chi connectivity index (χ3v) is 6.22. The molecule has 0 N–H and O–H groups in total. The van der Waals surface area contributed by atoms with Crippen molar-refractivity contribution in [3.8, 4) is 17.2 Å². The Kier molecular flexibility index (Phi) is 5.85. The number of nitrogens with zero attached hydrogens (tertiary/aromatic N) is 5. The summed E-state index contributed by atoms with van der Waals surface area (Å²) in [5.74, 6) is 2.89. The third-order valence-electron chi connectivity index (χ3n) is 4.72. The lowest BCUT2D eigenvalue weighted by Gasteiger charge is -2.10. The Bertz CT molecular complexity index is 1190. The summed E-state index contributed by atoms with van der Waals surface area (Å²) in [5.41, 5.74) is 0.827. The van der Waals surface area contributed by atoms with Gasteiger partial charge >= 0.3 is 0 Å². The van der Waals surface area contributed by atoms with E-state index in [0.29, 0.717) is 46.0 Å². The Balaban J connectivity index is 1.27. The third kappa shape index (κ3) is 4.71. The minimum atomic E-state index is 0.301. The van der Waals surface area contributed by atoms with Gasteiger partial charge < -0.3 is 9.15 Å². The van der Waals surface area contributed by atoms with E-state index in [1.165, 1.54) is 11.8 Å². The molecule has 1 aliphatic rings. The highest BCUT2D eigenvalue weighted by molar-refractivity contribution is 7.98. The van der Waals surface area contributed by atoms with Gasteiger partial charge in [-0.05, 0) is 49.2 Å². The van der Waals surface area contributed by atoms with Gasteiger partial charge in [0.2, 0.25) is 11.8 Å². The van der Waals surface area contributed by atoms with Crippen LogP contribution in [-0.2, 0) is 12.4 Å². The second kappa shape index (κ2) is 8.90. The highest BCUT2D eigenvalue weighted by Gasteiger charge is 2.30. The van der Waals surface area contributed by atoms with Crippen LogP contribution < -0.4 is 4.74 Å². The number of ether oxygens (including phenoxy) is 1. The number of thioether (sulfide) groups is 1. The fourth-order valence-corrected chi connectivity index (χ4v) is 4.23. The van der Waals surface area contributed by atoms with Crippen LogP contribution in [-0.4, -0.2) is 25.0 Å². The summed E-state index contributed by atoms with van der Waals surface area (Å²) in [7, 11) is 0. The molecular weight excluding hydrogens is 457 g/mol. The fourth-order valence-electron chi connectivity index (χ4n) is 3.06. The van der Waals surface area contributed by atoms with Gasteiger partial charge in [-0.2, -0.15) is 0 Å². The first kappa shape index (κ1) is 20.4. The zero-order chi connectivity index (χ0) is 21.2. The van der Waals surface area contributed by atoms with Crippen LogP contribution in [0, 0.1) is 0 Å². The van der Waals surface area contributed by atoms with Crippen LogP contribution in [0.5, 0.6) is 5.75 Å². The molecule has 0 saturated heterocycles. The Morgan fingerprint density at radius 3 is 2.58 bits per heavy atom. The van der Waals surface area contributed by atoms with Crippen molar-refractivity contribution in [3.05, 3.63) is 70.3 Å². The Labute approximate surface area is 192 Å². The number of halogens is 2. The van der Waals surface area contributed by atoms with E-state index in [9.17, 15) is 0 Å². The molecule has 0 atom stereocenters. The van der Waals surface area contributed by atoms with Gasteiger partial charge in [-0.1, -0.05) is 47.1 Å². The lowest BCUT2D eigenvalue weighted by Crippen LogP contribution is -2.07. The largest absolute Gasteiger partial charge is 0.484 e. The summed E-state index contributed by atoms with van der Waals surface area (Å²) in [4.78, 5) is 0. The zero-order valence-corrected chi connectivity index (χ0v) is 18.6. The average Bonchev–Trinajstić information content (AvgIpc) is 3.36. The van der Waals surface area contributed by atoms with Crippen molar-refractivity contribution in [2.45, 2.75) is 36.4 Å². The Morgan fingerprint density at radius 1 is 1.00 bits per heavy atom. The molecule has 0 aliphatic heterocycles. The van der Waals surface area contributed by atoms with E-state index in [0.717, 1.165) is 29.4 Å². The first-order chi connectivity index (χ1) is 15.2. The van der Waals surface area contributed by atoms with Gasteiger partial charge in [-0.3, -0.25) is 4.57 Å². The summed E-state index contributed by atoms with van der Waals surface area (Å²) in [6.07, 6.45) is 2.21. The molecule has 2 heterocycles. The summed E-state index contributed by atoms with van der Waals surface area (Å²) in [5, 5.41) is 19.0. The number of hydrogen-bond donors (Lipinski definition) is 0. The van der Waals surface area contributed by atoms with Gasteiger partial charge in [0.15, 0.2) is 11.0 Å². The maximum atomic E-state index is 6.18. The number of hydrogen-bond acceptors (Lipinski definition) is 7. The lowest BCUT2D eigenvalue weighted by atomic mass is 10.2. The molecule has 31 heavy (non-hydrogen) atoms. The van der Waals surface area contributed by atoms with Crippen LogP contribution in [0.1, 0.15) is 30.6 Å². The molecule has 0 bridgehead atoms. The molecule has 5 rings (SSSR count). The molecule has 0 spiro atoms. The lowest BCUT2D eigenvalue weighted by molar-refractivity contribution is 0.288. The van der Waals surface area contributed by atoms with Crippen LogP contribution in [0.25, 0.3) is 11.5 Å². The van der Waals surface area contributed by atoms with Crippen molar-refractivity contribution in [2.24, 2.45) is 0 Å². The minimum absolute atomic E-state index is 0.301. The average molecular weight is 474 g/mol. The molecule has 0 unspecified atom stereocenters. The van der Waals surface area contributed by atoms with Crippen LogP contribution in [0.4, 0.5) is 0 Å². The first-order valence-corrected chi connectivity index (χ1v) is 11.4. The highest BCUT2D eigenvalue weighted by Crippen LogP contribution is 2.39. The zero-order valence-electron chi connectivity index (χ0n) is 16.2. The van der Waals surface area contributed by atoms with Gasteiger partial charge in [-0.15, -0.1) is 20.4 Å². The standard InChI is InChI=1S/C21H17Cl2N5O2S/c22-14-7-5-13(6-8-14)20-26-25-19(30-20)12-31-21-27-24-18(28(21)15-9-10-15)11-29-17-4-2-1-3-16(17)23/h1-8,15H,9-12H2. The van der Waals surface area contributed by atoms with Crippen molar-refractivity contribution >= 4 is 35.0 Å². The van der Waals surface area contributed by atoms with E-state index in [2.05, 4.69) is 25.0 Å². The molecule has 2 aromatic heterocycles. The van der Waals surface area contributed by atoms with Crippen LogP contribution >= 0.6 is 35.0 Å². The minimum Gasteiger partial charge on any atom is -0.484 e. The molecule has 1 fully saturated rings. The Morgan fingerprint density at radius 2 is 1.81 bits per heavy atom. The second-order valence-corrected chi connectivity index (χ2v) is 8.80. The smallest absolute Gasteiger partial charge is 0.247 e. The normalized spacial score (nSPS) is 13.5. The van der Waals surface area contributed by atoms with Gasteiger partial charge in [0.25, 0.3) is 0 Å². The SMILES string of the molecule is Clc1ccc(-c2nnc(CSc3nnc(COc4ccccc4Cl)n3C3CC3)o2)cc1. The van der Waals surface area contributed by atoms with Crippen LogP contribution in [0.2, 0.25) is 10.0 Å². The number of aromatic nitrogens is 5.